The number of rotatable bonds is 2. The minimum atomic E-state index is -1.17. The predicted molar refractivity (Wildman–Crippen MR) is 62.7 cm³/mol. The Morgan fingerprint density at radius 1 is 1.42 bits per heavy atom. The van der Waals surface area contributed by atoms with Crippen molar-refractivity contribution in [1.82, 2.24) is 15.5 Å². The monoisotopic (exact) mass is 265 g/mol. The number of nitrogens with one attached hydrogen (secondary N) is 1. The molecular weight excluding hydrogens is 253 g/mol. The first-order valence-corrected chi connectivity index (χ1v) is 5.85. The normalized spacial score (nSPS) is 22.8. The van der Waals surface area contributed by atoms with Crippen molar-refractivity contribution in [3.05, 3.63) is 29.9 Å². The van der Waals surface area contributed by atoms with Crippen LogP contribution in [0.2, 0.25) is 0 Å². The second-order valence-corrected chi connectivity index (χ2v) is 4.55. The van der Waals surface area contributed by atoms with E-state index in [4.69, 9.17) is 9.63 Å². The Morgan fingerprint density at radius 2 is 2.26 bits per heavy atom. The van der Waals surface area contributed by atoms with Crippen LogP contribution in [0.1, 0.15) is 12.3 Å². The van der Waals surface area contributed by atoms with E-state index < -0.39 is 17.2 Å². The number of hydrogen-bond donors (Lipinski definition) is 3. The zero-order valence-corrected chi connectivity index (χ0v) is 9.93. The first-order valence-electron chi connectivity index (χ1n) is 5.85. The lowest BCUT2D eigenvalue weighted by atomic mass is 10.0. The van der Waals surface area contributed by atoms with Crippen LogP contribution in [0.4, 0.5) is 4.39 Å². The number of aromatic nitrogens is 2. The number of aliphatic hydroxyl groups is 1. The van der Waals surface area contributed by atoms with Gasteiger partial charge in [-0.3, -0.25) is 0 Å². The van der Waals surface area contributed by atoms with E-state index >= 15 is 0 Å². The summed E-state index contributed by atoms with van der Waals surface area (Å²) in [4.78, 5) is 4.09. The highest BCUT2D eigenvalue weighted by Gasteiger charge is 2.38. The molecule has 1 saturated heterocycles. The van der Waals surface area contributed by atoms with Crippen LogP contribution in [0.3, 0.4) is 0 Å². The van der Waals surface area contributed by atoms with E-state index in [0.717, 1.165) is 6.07 Å². The van der Waals surface area contributed by atoms with Crippen molar-refractivity contribution in [1.29, 1.82) is 0 Å². The lowest BCUT2D eigenvalue weighted by Crippen LogP contribution is -2.28. The lowest BCUT2D eigenvalue weighted by molar-refractivity contribution is 0.0243. The Balaban J connectivity index is 1.94. The molecule has 19 heavy (non-hydrogen) atoms. The molecule has 0 amide bonds. The molecule has 6 nitrogen and oxygen atoms in total. The molecule has 1 aromatic carbocycles. The highest BCUT2D eigenvalue weighted by Crippen LogP contribution is 2.29. The molecule has 1 fully saturated rings. The van der Waals surface area contributed by atoms with Gasteiger partial charge in [0.25, 0.3) is 5.89 Å². The summed E-state index contributed by atoms with van der Waals surface area (Å²) in [7, 11) is 0. The Morgan fingerprint density at radius 3 is 2.95 bits per heavy atom. The number of aromatic hydroxyl groups is 1. The van der Waals surface area contributed by atoms with Crippen molar-refractivity contribution in [3.8, 4) is 17.1 Å². The van der Waals surface area contributed by atoms with E-state index in [1.54, 1.807) is 0 Å². The first kappa shape index (κ1) is 12.1. The fraction of sp³-hybridized carbons (Fsp3) is 0.333. The molecule has 0 spiro atoms. The Kier molecular flexibility index (Phi) is 2.72. The van der Waals surface area contributed by atoms with Gasteiger partial charge in [-0.1, -0.05) is 5.16 Å². The number of phenols is 1. The van der Waals surface area contributed by atoms with Gasteiger partial charge < -0.3 is 20.1 Å². The second kappa shape index (κ2) is 4.29. The molecule has 1 aliphatic heterocycles. The van der Waals surface area contributed by atoms with Crippen LogP contribution in [0, 0.1) is 5.82 Å². The Hall–Kier alpha value is -1.99. The average Bonchev–Trinajstić information content (AvgIpc) is 3.02. The van der Waals surface area contributed by atoms with Crippen molar-refractivity contribution in [3.63, 3.8) is 0 Å². The average molecular weight is 265 g/mol. The quantitative estimate of drug-likeness (QED) is 0.742. The number of benzene rings is 1. The number of halogens is 1. The molecular formula is C12H12FN3O3. The van der Waals surface area contributed by atoms with Crippen LogP contribution in [0.15, 0.2) is 22.7 Å². The molecule has 0 bridgehead atoms. The minimum Gasteiger partial charge on any atom is -0.505 e. The molecule has 0 radical (unpaired) electrons. The first-order chi connectivity index (χ1) is 9.08. The predicted octanol–water partition coefficient (Wildman–Crippen LogP) is 0.762. The van der Waals surface area contributed by atoms with Crippen molar-refractivity contribution < 1.29 is 19.1 Å². The number of phenolic OH excluding ortho intramolecular Hbond substituents is 1. The van der Waals surface area contributed by atoms with Crippen molar-refractivity contribution in [2.24, 2.45) is 0 Å². The maximum Gasteiger partial charge on any atom is 0.260 e. The SMILES string of the molecule is Oc1ccc(-c2noc(C3(O)CCNC3)n2)cc1F. The lowest BCUT2D eigenvalue weighted by Gasteiger charge is -2.14. The standard InChI is InChI=1S/C12H12FN3O3/c13-8-5-7(1-2-9(8)17)10-15-11(19-16-10)12(18)3-4-14-6-12/h1-2,5,14,17-18H,3-4,6H2. The number of hydrogen-bond acceptors (Lipinski definition) is 6. The maximum absolute atomic E-state index is 13.3. The molecule has 3 N–H and O–H groups in total. The van der Waals surface area contributed by atoms with Gasteiger partial charge in [-0.25, -0.2) is 4.39 Å². The van der Waals surface area contributed by atoms with Gasteiger partial charge in [-0.15, -0.1) is 0 Å². The number of nitrogens with zero attached hydrogens (tertiary/aromatic N) is 2. The third-order valence-corrected chi connectivity index (χ3v) is 3.16. The molecule has 2 heterocycles. The molecule has 0 aliphatic carbocycles. The summed E-state index contributed by atoms with van der Waals surface area (Å²) in [6, 6.07) is 3.80. The zero-order valence-electron chi connectivity index (χ0n) is 9.93. The Labute approximate surface area is 107 Å². The van der Waals surface area contributed by atoms with Crippen LogP contribution in [-0.4, -0.2) is 33.4 Å². The summed E-state index contributed by atoms with van der Waals surface area (Å²) in [6.07, 6.45) is 0.485. The van der Waals surface area contributed by atoms with Crippen LogP contribution in [0.5, 0.6) is 5.75 Å². The second-order valence-electron chi connectivity index (χ2n) is 4.55. The van der Waals surface area contributed by atoms with Crippen LogP contribution in [-0.2, 0) is 5.60 Å². The molecule has 0 saturated carbocycles. The van der Waals surface area contributed by atoms with Gasteiger partial charge in [0, 0.05) is 12.1 Å². The van der Waals surface area contributed by atoms with Crippen LogP contribution < -0.4 is 5.32 Å². The van der Waals surface area contributed by atoms with Crippen molar-refractivity contribution in [2.45, 2.75) is 12.0 Å². The summed E-state index contributed by atoms with van der Waals surface area (Å²) < 4.78 is 18.3. The van der Waals surface area contributed by atoms with Crippen molar-refractivity contribution >= 4 is 0 Å². The van der Waals surface area contributed by atoms with E-state index in [0.29, 0.717) is 25.1 Å². The van der Waals surface area contributed by atoms with Gasteiger partial charge in [0.1, 0.15) is 0 Å². The van der Waals surface area contributed by atoms with Crippen molar-refractivity contribution in [2.75, 3.05) is 13.1 Å². The highest BCUT2D eigenvalue weighted by molar-refractivity contribution is 5.55. The largest absolute Gasteiger partial charge is 0.505 e. The summed E-state index contributed by atoms with van der Waals surface area (Å²) in [6.45, 7) is 1.01. The molecule has 1 aromatic heterocycles. The summed E-state index contributed by atoms with van der Waals surface area (Å²) >= 11 is 0. The van der Waals surface area contributed by atoms with E-state index in [-0.39, 0.29) is 11.7 Å². The maximum atomic E-state index is 13.3. The molecule has 100 valence electrons. The van der Waals surface area contributed by atoms with Gasteiger partial charge in [0.15, 0.2) is 17.2 Å². The smallest absolute Gasteiger partial charge is 0.260 e. The van der Waals surface area contributed by atoms with Gasteiger partial charge in [-0.2, -0.15) is 4.98 Å². The zero-order chi connectivity index (χ0) is 13.5. The van der Waals surface area contributed by atoms with Crippen LogP contribution >= 0.6 is 0 Å². The van der Waals surface area contributed by atoms with E-state index in [1.807, 2.05) is 0 Å². The molecule has 3 rings (SSSR count). The molecule has 7 heteroatoms. The van der Waals surface area contributed by atoms with Gasteiger partial charge in [-0.05, 0) is 31.2 Å². The van der Waals surface area contributed by atoms with E-state index in [1.165, 1.54) is 12.1 Å². The molecule has 1 atom stereocenters. The van der Waals surface area contributed by atoms with E-state index in [9.17, 15) is 9.50 Å². The number of β-amino-alcohol motifs (C(OH)–C–C–N with tert-alkyl or cyclic N) is 1. The fourth-order valence-corrected chi connectivity index (χ4v) is 2.04. The van der Waals surface area contributed by atoms with Gasteiger partial charge in [0.05, 0.1) is 0 Å². The summed E-state index contributed by atoms with van der Waals surface area (Å²) in [5, 5.41) is 26.1. The summed E-state index contributed by atoms with van der Waals surface area (Å²) in [5.74, 6) is -0.911. The molecule has 1 unspecified atom stereocenters. The third kappa shape index (κ3) is 2.06. The van der Waals surface area contributed by atoms with Gasteiger partial charge in [0.2, 0.25) is 5.82 Å². The van der Waals surface area contributed by atoms with E-state index in [2.05, 4.69) is 15.5 Å². The third-order valence-electron chi connectivity index (χ3n) is 3.16. The highest BCUT2D eigenvalue weighted by atomic mass is 19.1. The van der Waals surface area contributed by atoms with Gasteiger partial charge >= 0.3 is 0 Å². The molecule has 2 aromatic rings. The fourth-order valence-electron chi connectivity index (χ4n) is 2.04. The molecule has 1 aliphatic rings. The Bertz CT molecular complexity index is 608. The topological polar surface area (TPSA) is 91.4 Å². The van der Waals surface area contributed by atoms with Crippen LogP contribution in [0.25, 0.3) is 11.4 Å². The summed E-state index contributed by atoms with van der Waals surface area (Å²) in [5.41, 5.74) is -0.791. The minimum absolute atomic E-state index is 0.112.